The summed E-state index contributed by atoms with van der Waals surface area (Å²) in [6.07, 6.45) is -8.00. The van der Waals surface area contributed by atoms with Crippen LogP contribution in [-0.4, -0.2) is 128 Å². The molecule has 40 heavy (non-hydrogen) atoms. The highest BCUT2D eigenvalue weighted by atomic mass is 16.7. The van der Waals surface area contributed by atoms with Crippen molar-refractivity contribution >= 4 is 5.97 Å². The molecule has 4 aliphatic rings. The lowest BCUT2D eigenvalue weighted by molar-refractivity contribution is -0.345. The largest absolute Gasteiger partial charge is 0.479 e. The van der Waals surface area contributed by atoms with Crippen molar-refractivity contribution in [3.8, 4) is 0 Å². The molecular formula is C27H46O13. The zero-order valence-electron chi connectivity index (χ0n) is 22.9. The molecule has 13 heteroatoms. The number of hydrogen-bond donors (Lipinski definition) is 7. The number of rotatable bonds is 10. The van der Waals surface area contributed by atoms with Gasteiger partial charge in [0.15, 0.2) is 18.7 Å². The molecular weight excluding hydrogens is 532 g/mol. The topological polar surface area (TPSA) is 205 Å². The fourth-order valence-electron chi connectivity index (χ4n) is 6.30. The Labute approximate surface area is 233 Å². The van der Waals surface area contributed by atoms with E-state index in [4.69, 9.17) is 23.7 Å². The molecule has 0 radical (unpaired) electrons. The van der Waals surface area contributed by atoms with Gasteiger partial charge in [-0.15, -0.1) is 0 Å². The number of aliphatic carboxylic acids is 1. The molecule has 2 aliphatic carbocycles. The number of carboxylic acid groups (broad SMARTS) is 1. The number of hydrogen-bond acceptors (Lipinski definition) is 12. The van der Waals surface area contributed by atoms with E-state index in [1.54, 1.807) is 6.92 Å². The van der Waals surface area contributed by atoms with Crippen molar-refractivity contribution < 1.29 is 64.2 Å². The molecule has 2 aliphatic heterocycles. The third kappa shape index (κ3) is 7.51. The minimum absolute atomic E-state index is 0.171. The van der Waals surface area contributed by atoms with Crippen molar-refractivity contribution in [3.63, 3.8) is 0 Å². The third-order valence-corrected chi connectivity index (χ3v) is 8.76. The Hall–Kier alpha value is -0.970. The Morgan fingerprint density at radius 2 is 1.35 bits per heavy atom. The fourth-order valence-corrected chi connectivity index (χ4v) is 6.30. The molecule has 7 N–H and O–H groups in total. The molecule has 4 rings (SSSR count). The van der Waals surface area contributed by atoms with Crippen LogP contribution in [0.3, 0.4) is 0 Å². The summed E-state index contributed by atoms with van der Waals surface area (Å²) in [5.74, 6) is -1.02. The first-order valence-corrected chi connectivity index (χ1v) is 14.6. The van der Waals surface area contributed by atoms with E-state index >= 15 is 0 Å². The molecule has 3 unspecified atom stereocenters. The molecule has 0 aromatic carbocycles. The number of carboxylic acids is 1. The highest BCUT2D eigenvalue weighted by Gasteiger charge is 2.50. The Balaban J connectivity index is 1.43. The molecule has 0 aromatic rings. The van der Waals surface area contributed by atoms with Crippen LogP contribution in [0.15, 0.2) is 0 Å². The highest BCUT2D eigenvalue weighted by molar-refractivity contribution is 5.72. The summed E-state index contributed by atoms with van der Waals surface area (Å²) in [7, 11) is 0. The lowest BCUT2D eigenvalue weighted by Gasteiger charge is -2.46. The predicted molar refractivity (Wildman–Crippen MR) is 136 cm³/mol. The fraction of sp³-hybridized carbons (Fsp3) is 0.963. The van der Waals surface area contributed by atoms with Gasteiger partial charge in [-0.05, 0) is 32.1 Å². The molecule has 0 aromatic heterocycles. The van der Waals surface area contributed by atoms with E-state index in [1.165, 1.54) is 0 Å². The lowest BCUT2D eigenvalue weighted by Crippen LogP contribution is -2.62. The minimum atomic E-state index is -1.57. The first kappa shape index (κ1) is 32.0. The molecule has 0 spiro atoms. The quantitative estimate of drug-likeness (QED) is 0.173. The molecule has 13 nitrogen and oxygen atoms in total. The molecule has 2 saturated heterocycles. The van der Waals surface area contributed by atoms with E-state index < -0.39 is 92.3 Å². The maximum absolute atomic E-state index is 12.1. The van der Waals surface area contributed by atoms with Crippen molar-refractivity contribution in [2.24, 2.45) is 5.92 Å². The molecule has 2 heterocycles. The number of carbonyl (C=O) groups is 1. The Kier molecular flexibility index (Phi) is 11.6. The summed E-state index contributed by atoms with van der Waals surface area (Å²) in [6, 6.07) is 0. The van der Waals surface area contributed by atoms with Crippen LogP contribution < -0.4 is 0 Å². The van der Waals surface area contributed by atoms with E-state index in [1.807, 2.05) is 0 Å². The predicted octanol–water partition coefficient (Wildman–Crippen LogP) is -0.594. The molecule has 0 bridgehead atoms. The van der Waals surface area contributed by atoms with Gasteiger partial charge in [0.25, 0.3) is 0 Å². The van der Waals surface area contributed by atoms with Crippen molar-refractivity contribution in [1.29, 1.82) is 0 Å². The molecule has 232 valence electrons. The normalized spacial score (nSPS) is 44.3. The second-order valence-electron chi connectivity index (χ2n) is 11.7. The maximum Gasteiger partial charge on any atom is 0.332 e. The average Bonchev–Trinajstić information content (AvgIpc) is 2.95. The van der Waals surface area contributed by atoms with Crippen LogP contribution >= 0.6 is 0 Å². The molecule has 13 atom stereocenters. The monoisotopic (exact) mass is 578 g/mol. The van der Waals surface area contributed by atoms with Gasteiger partial charge in [-0.25, -0.2) is 4.79 Å². The number of ether oxygens (including phenoxy) is 5. The van der Waals surface area contributed by atoms with E-state index in [0.717, 1.165) is 44.9 Å². The maximum atomic E-state index is 12.1. The van der Waals surface area contributed by atoms with Gasteiger partial charge in [0.1, 0.15) is 42.7 Å². The van der Waals surface area contributed by atoms with Gasteiger partial charge in [0.2, 0.25) is 0 Å². The minimum Gasteiger partial charge on any atom is -0.479 e. The van der Waals surface area contributed by atoms with Gasteiger partial charge in [0, 0.05) is 0 Å². The van der Waals surface area contributed by atoms with Gasteiger partial charge in [-0.1, -0.05) is 44.9 Å². The lowest BCUT2D eigenvalue weighted by atomic mass is 9.85. The van der Waals surface area contributed by atoms with Gasteiger partial charge in [0.05, 0.1) is 24.9 Å². The van der Waals surface area contributed by atoms with Crippen LogP contribution in [0.25, 0.3) is 0 Å². The first-order chi connectivity index (χ1) is 19.1. The molecule has 4 fully saturated rings. The summed E-state index contributed by atoms with van der Waals surface area (Å²) in [4.78, 5) is 12.1. The van der Waals surface area contributed by atoms with Gasteiger partial charge >= 0.3 is 5.97 Å². The van der Waals surface area contributed by atoms with E-state index in [9.17, 15) is 40.5 Å². The van der Waals surface area contributed by atoms with Crippen molar-refractivity contribution in [1.82, 2.24) is 0 Å². The van der Waals surface area contributed by atoms with Gasteiger partial charge < -0.3 is 59.4 Å². The van der Waals surface area contributed by atoms with Crippen LogP contribution in [0.4, 0.5) is 0 Å². The van der Waals surface area contributed by atoms with Crippen molar-refractivity contribution in [3.05, 3.63) is 0 Å². The smallest absolute Gasteiger partial charge is 0.332 e. The second-order valence-corrected chi connectivity index (χ2v) is 11.7. The Morgan fingerprint density at radius 1 is 0.775 bits per heavy atom. The first-order valence-electron chi connectivity index (χ1n) is 14.6. The van der Waals surface area contributed by atoms with Crippen LogP contribution in [0, 0.1) is 5.92 Å². The van der Waals surface area contributed by atoms with Gasteiger partial charge in [-0.3, -0.25) is 0 Å². The second kappa shape index (κ2) is 14.5. The molecule has 2 saturated carbocycles. The average molecular weight is 579 g/mol. The van der Waals surface area contributed by atoms with Crippen LogP contribution in [0.2, 0.25) is 0 Å². The zero-order chi connectivity index (χ0) is 29.0. The highest BCUT2D eigenvalue weighted by Crippen LogP contribution is 2.34. The Morgan fingerprint density at radius 3 is 1.93 bits per heavy atom. The zero-order valence-corrected chi connectivity index (χ0v) is 22.9. The van der Waals surface area contributed by atoms with Crippen LogP contribution in [0.1, 0.15) is 71.1 Å². The summed E-state index contributed by atoms with van der Waals surface area (Å²) in [5, 5.41) is 72.2. The SMILES string of the molecule is C[C@@H]1OC(OC2CCCC[C@H]2O[C@@H]2O[C@H](CO)[C@H](O)[C@H](OC(CC3CCCCC3)C(=O)O)[C@H]2O)[C@@H](O)[C@H](O)[C@@H]1O. The van der Waals surface area contributed by atoms with Crippen molar-refractivity contribution in [2.45, 2.75) is 151 Å². The Bertz CT molecular complexity index is 794. The van der Waals surface area contributed by atoms with E-state index in [2.05, 4.69) is 0 Å². The van der Waals surface area contributed by atoms with Gasteiger partial charge in [-0.2, -0.15) is 0 Å². The summed E-state index contributed by atoms with van der Waals surface area (Å²) < 4.78 is 29.2. The third-order valence-electron chi connectivity index (χ3n) is 8.76. The van der Waals surface area contributed by atoms with Crippen molar-refractivity contribution in [2.75, 3.05) is 6.61 Å². The number of aliphatic hydroxyl groups excluding tert-OH is 6. The van der Waals surface area contributed by atoms with E-state index in [0.29, 0.717) is 12.8 Å². The summed E-state index contributed by atoms with van der Waals surface area (Å²) in [6.45, 7) is 0.940. The standard InChI is InChI=1S/C27H46O13/c1-13-19(29)21(31)22(32)26(36-13)38-15-9-5-6-10-16(15)39-27-23(33)24(20(30)18(12-28)40-27)37-17(25(34)35)11-14-7-3-2-4-8-14/h13-24,26-33H,2-12H2,1H3,(H,34,35)/t13-,15?,16+,17?,18+,19+,20-,21+,22-,23+,24-,26?,27+/m0/s1. The summed E-state index contributed by atoms with van der Waals surface area (Å²) >= 11 is 0. The van der Waals surface area contributed by atoms with Crippen LogP contribution in [-0.2, 0) is 28.5 Å². The summed E-state index contributed by atoms with van der Waals surface area (Å²) in [5.41, 5.74) is 0. The molecule has 0 amide bonds. The van der Waals surface area contributed by atoms with Crippen LogP contribution in [0.5, 0.6) is 0 Å². The number of aliphatic hydroxyl groups is 6. The van der Waals surface area contributed by atoms with E-state index in [-0.39, 0.29) is 12.3 Å².